The van der Waals surface area contributed by atoms with Gasteiger partial charge in [0, 0.05) is 18.3 Å². The molecule has 23 heavy (non-hydrogen) atoms. The summed E-state index contributed by atoms with van der Waals surface area (Å²) in [6, 6.07) is 6.82. The molecule has 1 heterocycles. The Hall–Kier alpha value is -2.63. The van der Waals surface area contributed by atoms with E-state index in [1.807, 2.05) is 7.05 Å². The molecule has 0 atom stereocenters. The summed E-state index contributed by atoms with van der Waals surface area (Å²) in [5.74, 6) is -0.741. The fraction of sp³-hybridized carbons (Fsp3) is 0.353. The molecule has 0 spiro atoms. The Labute approximate surface area is 134 Å². The van der Waals surface area contributed by atoms with Gasteiger partial charge in [-0.2, -0.15) is 5.10 Å². The summed E-state index contributed by atoms with van der Waals surface area (Å²) in [5, 5.41) is 7.12. The number of nitrogens with zero attached hydrogens (tertiary/aromatic N) is 2. The van der Waals surface area contributed by atoms with Crippen LogP contribution in [0.4, 0.5) is 5.69 Å². The van der Waals surface area contributed by atoms with E-state index in [1.54, 1.807) is 35.9 Å². The van der Waals surface area contributed by atoms with Crippen molar-refractivity contribution in [2.75, 3.05) is 11.9 Å². The first-order chi connectivity index (χ1) is 11.1. The zero-order valence-electron chi connectivity index (χ0n) is 13.3. The van der Waals surface area contributed by atoms with Crippen LogP contribution in [0, 0.1) is 0 Å². The number of amides is 1. The molecule has 1 aliphatic carbocycles. The number of hydrogen-bond donors (Lipinski definition) is 1. The molecule has 120 valence electrons. The van der Waals surface area contributed by atoms with Gasteiger partial charge < -0.3 is 10.1 Å². The Morgan fingerprint density at radius 3 is 2.87 bits per heavy atom. The monoisotopic (exact) mass is 313 g/mol. The van der Waals surface area contributed by atoms with Crippen LogP contribution in [0.2, 0.25) is 0 Å². The minimum atomic E-state index is -0.449. The highest BCUT2D eigenvalue weighted by Gasteiger charge is 2.25. The van der Waals surface area contributed by atoms with E-state index < -0.39 is 5.97 Å². The zero-order chi connectivity index (χ0) is 16.4. The van der Waals surface area contributed by atoms with Crippen LogP contribution in [0.25, 0.3) is 0 Å². The molecule has 6 heteroatoms. The molecule has 0 fully saturated rings. The second-order valence-electron chi connectivity index (χ2n) is 5.47. The lowest BCUT2D eigenvalue weighted by atomic mass is 10.1. The van der Waals surface area contributed by atoms with Gasteiger partial charge in [0.1, 0.15) is 0 Å². The Morgan fingerprint density at radius 1 is 1.30 bits per heavy atom. The normalized spacial score (nSPS) is 12.8. The van der Waals surface area contributed by atoms with Crippen LogP contribution in [0.1, 0.15) is 45.4 Å². The number of fused-ring (bicyclic) bond motifs is 1. The summed E-state index contributed by atoms with van der Waals surface area (Å²) in [6.45, 7) is 2.03. The average Bonchev–Trinajstić information content (AvgIpc) is 3.12. The van der Waals surface area contributed by atoms with Crippen LogP contribution in [-0.4, -0.2) is 28.3 Å². The molecule has 2 aromatic rings. The predicted octanol–water partition coefficient (Wildman–Crippen LogP) is 2.34. The van der Waals surface area contributed by atoms with Crippen LogP contribution in [-0.2, 0) is 24.6 Å². The van der Waals surface area contributed by atoms with Gasteiger partial charge in [-0.15, -0.1) is 0 Å². The lowest BCUT2D eigenvalue weighted by Gasteiger charge is -2.09. The van der Waals surface area contributed by atoms with Crippen LogP contribution in [0.5, 0.6) is 0 Å². The van der Waals surface area contributed by atoms with Crippen molar-refractivity contribution in [1.29, 1.82) is 0 Å². The van der Waals surface area contributed by atoms with E-state index in [9.17, 15) is 9.59 Å². The minimum absolute atomic E-state index is 0.287. The predicted molar refractivity (Wildman–Crippen MR) is 85.6 cm³/mol. The molecule has 0 saturated carbocycles. The van der Waals surface area contributed by atoms with Gasteiger partial charge in [0.2, 0.25) is 0 Å². The van der Waals surface area contributed by atoms with Gasteiger partial charge >= 0.3 is 5.97 Å². The lowest BCUT2D eigenvalue weighted by Crippen LogP contribution is -2.17. The first-order valence-electron chi connectivity index (χ1n) is 7.74. The molecule has 1 N–H and O–H groups in total. The van der Waals surface area contributed by atoms with Crippen molar-refractivity contribution in [3.63, 3.8) is 0 Å². The van der Waals surface area contributed by atoms with Crippen LogP contribution < -0.4 is 5.32 Å². The second-order valence-corrected chi connectivity index (χ2v) is 5.47. The van der Waals surface area contributed by atoms with E-state index in [0.717, 1.165) is 30.5 Å². The van der Waals surface area contributed by atoms with Crippen molar-refractivity contribution in [2.45, 2.75) is 26.2 Å². The quantitative estimate of drug-likeness (QED) is 0.879. The lowest BCUT2D eigenvalue weighted by molar-refractivity contribution is 0.0527. The maximum Gasteiger partial charge on any atom is 0.340 e. The zero-order valence-corrected chi connectivity index (χ0v) is 13.3. The molecule has 0 saturated heterocycles. The van der Waals surface area contributed by atoms with Gasteiger partial charge in [-0.1, -0.05) is 12.1 Å². The third-order valence-electron chi connectivity index (χ3n) is 4.00. The SMILES string of the molecule is CCOC(=O)c1ccccc1NC(=O)c1nn(C)c2c1CCC2. The molecule has 3 rings (SSSR count). The number of carbonyl (C=O) groups is 2. The molecule has 1 aliphatic rings. The van der Waals surface area contributed by atoms with Crippen molar-refractivity contribution in [3.05, 3.63) is 46.8 Å². The number of esters is 1. The highest BCUT2D eigenvalue weighted by molar-refractivity contribution is 6.07. The fourth-order valence-electron chi connectivity index (χ4n) is 2.95. The molecule has 0 radical (unpaired) electrons. The number of nitrogens with one attached hydrogen (secondary N) is 1. The van der Waals surface area contributed by atoms with Crippen molar-refractivity contribution in [2.24, 2.45) is 7.05 Å². The number of aryl methyl sites for hydroxylation is 1. The van der Waals surface area contributed by atoms with Gasteiger partial charge in [0.05, 0.1) is 17.9 Å². The molecule has 0 unspecified atom stereocenters. The number of aromatic nitrogens is 2. The Morgan fingerprint density at radius 2 is 2.09 bits per heavy atom. The number of benzene rings is 1. The van der Waals surface area contributed by atoms with E-state index in [0.29, 0.717) is 16.9 Å². The number of ether oxygens (including phenoxy) is 1. The van der Waals surface area contributed by atoms with Gasteiger partial charge in [-0.25, -0.2) is 4.79 Å². The topological polar surface area (TPSA) is 73.2 Å². The molecule has 1 amide bonds. The largest absolute Gasteiger partial charge is 0.462 e. The number of carbonyl (C=O) groups excluding carboxylic acids is 2. The van der Waals surface area contributed by atoms with E-state index in [1.165, 1.54) is 0 Å². The summed E-state index contributed by atoms with van der Waals surface area (Å²) >= 11 is 0. The van der Waals surface area contributed by atoms with Crippen molar-refractivity contribution in [1.82, 2.24) is 9.78 Å². The third kappa shape index (κ3) is 2.84. The Kier molecular flexibility index (Phi) is 4.14. The van der Waals surface area contributed by atoms with Gasteiger partial charge in [0.25, 0.3) is 5.91 Å². The maximum absolute atomic E-state index is 12.6. The van der Waals surface area contributed by atoms with Crippen molar-refractivity contribution < 1.29 is 14.3 Å². The van der Waals surface area contributed by atoms with E-state index in [-0.39, 0.29) is 12.5 Å². The minimum Gasteiger partial charge on any atom is -0.462 e. The summed E-state index contributed by atoms with van der Waals surface area (Å²) in [4.78, 5) is 24.6. The summed E-state index contributed by atoms with van der Waals surface area (Å²) in [7, 11) is 1.85. The summed E-state index contributed by atoms with van der Waals surface area (Å²) < 4.78 is 6.80. The highest BCUT2D eigenvalue weighted by atomic mass is 16.5. The van der Waals surface area contributed by atoms with Crippen LogP contribution >= 0.6 is 0 Å². The molecule has 0 bridgehead atoms. The van der Waals surface area contributed by atoms with E-state index in [4.69, 9.17) is 4.74 Å². The standard InChI is InChI=1S/C17H19N3O3/c1-3-23-17(22)11-7-4-5-9-13(11)18-16(21)15-12-8-6-10-14(12)20(2)19-15/h4-5,7,9H,3,6,8,10H2,1-2H3,(H,18,21). The molecule has 1 aromatic heterocycles. The number of hydrogen-bond acceptors (Lipinski definition) is 4. The Bertz CT molecular complexity index is 764. The Balaban J connectivity index is 1.87. The van der Waals surface area contributed by atoms with Crippen molar-refractivity contribution in [3.8, 4) is 0 Å². The van der Waals surface area contributed by atoms with E-state index in [2.05, 4.69) is 10.4 Å². The molecular formula is C17H19N3O3. The first-order valence-corrected chi connectivity index (χ1v) is 7.74. The smallest absolute Gasteiger partial charge is 0.340 e. The summed E-state index contributed by atoms with van der Waals surface area (Å²) in [6.07, 6.45) is 2.86. The number of anilines is 1. The van der Waals surface area contributed by atoms with E-state index >= 15 is 0 Å². The highest BCUT2D eigenvalue weighted by Crippen LogP contribution is 2.26. The van der Waals surface area contributed by atoms with Gasteiger partial charge in [-0.05, 0) is 38.3 Å². The number of rotatable bonds is 4. The maximum atomic E-state index is 12.6. The summed E-state index contributed by atoms with van der Waals surface area (Å²) in [5.41, 5.74) is 3.36. The van der Waals surface area contributed by atoms with Gasteiger partial charge in [-0.3, -0.25) is 9.48 Å². The molecular weight excluding hydrogens is 294 g/mol. The number of para-hydroxylation sites is 1. The van der Waals surface area contributed by atoms with Gasteiger partial charge in [0.15, 0.2) is 5.69 Å². The third-order valence-corrected chi connectivity index (χ3v) is 4.00. The molecule has 6 nitrogen and oxygen atoms in total. The average molecular weight is 313 g/mol. The first kappa shape index (κ1) is 15.3. The second kappa shape index (κ2) is 6.24. The van der Waals surface area contributed by atoms with Crippen LogP contribution in [0.3, 0.4) is 0 Å². The molecule has 1 aromatic carbocycles. The van der Waals surface area contributed by atoms with Crippen molar-refractivity contribution >= 4 is 17.6 Å². The molecule has 0 aliphatic heterocycles. The fourth-order valence-corrected chi connectivity index (χ4v) is 2.95. The van der Waals surface area contributed by atoms with Crippen LogP contribution in [0.15, 0.2) is 24.3 Å².